The maximum absolute atomic E-state index is 12.1. The van der Waals surface area contributed by atoms with E-state index in [-0.39, 0.29) is 11.0 Å². The maximum Gasteiger partial charge on any atom is 0.189 e. The number of hydrogen-bond acceptors (Lipinski definition) is 1. The Hall–Kier alpha value is 0.0200. The van der Waals surface area contributed by atoms with Gasteiger partial charge in [0.1, 0.15) is 0 Å². The molecule has 4 aliphatic rings. The zero-order valence-corrected chi connectivity index (χ0v) is 15.2. The average Bonchev–Trinajstić information content (AvgIpc) is 2.87. The van der Waals surface area contributed by atoms with Gasteiger partial charge in [-0.2, -0.15) is 0 Å². The number of carbonyl (C=O) groups is 1. The van der Waals surface area contributed by atoms with Gasteiger partial charge in [-0.15, -0.1) is 12.6 Å². The second-order valence-corrected chi connectivity index (χ2v) is 9.93. The van der Waals surface area contributed by atoms with Gasteiger partial charge in [-0.05, 0) is 85.9 Å². The van der Waals surface area contributed by atoms with Crippen LogP contribution in [0.15, 0.2) is 0 Å². The summed E-state index contributed by atoms with van der Waals surface area (Å²) in [6.07, 6.45) is 13.7. The van der Waals surface area contributed by atoms with Gasteiger partial charge in [0.2, 0.25) is 0 Å². The minimum atomic E-state index is 0.177. The lowest BCUT2D eigenvalue weighted by molar-refractivity contribution is -0.138. The van der Waals surface area contributed by atoms with E-state index >= 15 is 0 Å². The first kappa shape index (κ1) is 15.5. The Labute approximate surface area is 141 Å². The van der Waals surface area contributed by atoms with Crippen LogP contribution in [0.25, 0.3) is 0 Å². The largest absolute Gasteiger partial charge is 0.287 e. The van der Waals surface area contributed by atoms with Crippen LogP contribution in [-0.4, -0.2) is 5.12 Å². The molecule has 0 aliphatic heterocycles. The third kappa shape index (κ3) is 2.08. The molecule has 0 amide bonds. The van der Waals surface area contributed by atoms with E-state index in [1.165, 1.54) is 57.8 Å². The van der Waals surface area contributed by atoms with Gasteiger partial charge in [-0.3, -0.25) is 4.79 Å². The van der Waals surface area contributed by atoms with E-state index in [1.807, 2.05) is 0 Å². The highest BCUT2D eigenvalue weighted by Gasteiger charge is 2.59. The minimum Gasteiger partial charge on any atom is -0.287 e. The van der Waals surface area contributed by atoms with Gasteiger partial charge in [-0.1, -0.05) is 26.7 Å². The third-order valence-electron chi connectivity index (χ3n) is 8.76. The number of carbonyl (C=O) groups excluding carboxylic acids is 1. The molecule has 0 bridgehead atoms. The fourth-order valence-electron chi connectivity index (χ4n) is 7.71. The Kier molecular flexibility index (Phi) is 3.72. The van der Waals surface area contributed by atoms with E-state index in [4.69, 9.17) is 0 Å². The normalized spacial score (nSPS) is 54.2. The van der Waals surface area contributed by atoms with Crippen molar-refractivity contribution in [3.05, 3.63) is 0 Å². The van der Waals surface area contributed by atoms with Gasteiger partial charge in [0, 0.05) is 5.92 Å². The van der Waals surface area contributed by atoms with Crippen LogP contribution in [0.2, 0.25) is 0 Å². The molecule has 4 rings (SSSR count). The molecule has 0 radical (unpaired) electrons. The van der Waals surface area contributed by atoms with Crippen molar-refractivity contribution >= 4 is 17.7 Å². The van der Waals surface area contributed by atoms with Crippen molar-refractivity contribution in [3.8, 4) is 0 Å². The van der Waals surface area contributed by atoms with Crippen LogP contribution in [0.4, 0.5) is 0 Å². The maximum atomic E-state index is 12.1. The molecule has 0 aromatic carbocycles. The van der Waals surface area contributed by atoms with E-state index in [2.05, 4.69) is 26.5 Å². The summed E-state index contributed by atoms with van der Waals surface area (Å²) in [6, 6.07) is 0. The molecule has 1 nitrogen and oxygen atoms in total. The Bertz CT molecular complexity index is 474. The van der Waals surface area contributed by atoms with Crippen molar-refractivity contribution in [3.63, 3.8) is 0 Å². The van der Waals surface area contributed by atoms with Crippen LogP contribution in [0, 0.1) is 40.4 Å². The predicted molar refractivity (Wildman–Crippen MR) is 93.8 cm³/mol. The van der Waals surface area contributed by atoms with Crippen LogP contribution in [0.5, 0.6) is 0 Å². The first-order chi connectivity index (χ1) is 10.5. The Balaban J connectivity index is 1.65. The van der Waals surface area contributed by atoms with Crippen LogP contribution in [0.3, 0.4) is 0 Å². The van der Waals surface area contributed by atoms with Gasteiger partial charge in [0.25, 0.3) is 0 Å². The molecule has 2 heteroatoms. The molecule has 0 N–H and O–H groups in total. The minimum absolute atomic E-state index is 0.177. The molecule has 0 aromatic heterocycles. The molecule has 4 aliphatic carbocycles. The first-order valence-corrected chi connectivity index (χ1v) is 10.1. The van der Waals surface area contributed by atoms with Crippen molar-refractivity contribution in [2.24, 2.45) is 40.4 Å². The lowest BCUT2D eigenvalue weighted by atomic mass is 9.44. The standard InChI is InChI=1S/C20H32OS/c1-19-10-4-6-15(19)13-7-8-16-14(18(21)22)5-3-11-20(16,2)17(13)9-12-19/h13-17H,3-12H2,1-2H3,(H,21,22)/t13-,14?,15-,16-,17-,19-,20-/m0/s1. The Morgan fingerprint density at radius 2 is 1.64 bits per heavy atom. The third-order valence-corrected chi connectivity index (χ3v) is 9.09. The van der Waals surface area contributed by atoms with Crippen LogP contribution in [-0.2, 0) is 4.79 Å². The van der Waals surface area contributed by atoms with Crippen molar-refractivity contribution in [1.29, 1.82) is 0 Å². The fourth-order valence-corrected chi connectivity index (χ4v) is 8.02. The van der Waals surface area contributed by atoms with Crippen molar-refractivity contribution in [2.45, 2.75) is 78.1 Å². The smallest absolute Gasteiger partial charge is 0.189 e. The molecule has 0 spiro atoms. The van der Waals surface area contributed by atoms with Gasteiger partial charge in [-0.25, -0.2) is 0 Å². The summed E-state index contributed by atoms with van der Waals surface area (Å²) in [4.78, 5) is 12.1. The number of fused-ring (bicyclic) bond motifs is 5. The van der Waals surface area contributed by atoms with E-state index in [9.17, 15) is 4.79 Å². The van der Waals surface area contributed by atoms with Crippen LogP contribution >= 0.6 is 12.6 Å². The van der Waals surface area contributed by atoms with Gasteiger partial charge in [0.15, 0.2) is 5.12 Å². The van der Waals surface area contributed by atoms with Crippen molar-refractivity contribution in [1.82, 2.24) is 0 Å². The van der Waals surface area contributed by atoms with Gasteiger partial charge in [0.05, 0.1) is 0 Å². The summed E-state index contributed by atoms with van der Waals surface area (Å²) in [5.74, 6) is 3.70. The highest BCUT2D eigenvalue weighted by Crippen LogP contribution is 2.66. The van der Waals surface area contributed by atoms with Gasteiger partial charge < -0.3 is 0 Å². The van der Waals surface area contributed by atoms with Crippen LogP contribution < -0.4 is 0 Å². The Morgan fingerprint density at radius 3 is 2.41 bits per heavy atom. The molecule has 0 heterocycles. The molecule has 4 fully saturated rings. The highest BCUT2D eigenvalue weighted by atomic mass is 32.1. The zero-order chi connectivity index (χ0) is 15.5. The van der Waals surface area contributed by atoms with Crippen molar-refractivity contribution in [2.75, 3.05) is 0 Å². The summed E-state index contributed by atoms with van der Waals surface area (Å²) in [5.41, 5.74) is 1.08. The van der Waals surface area contributed by atoms with E-state index in [0.29, 0.717) is 16.7 Å². The number of hydrogen-bond donors (Lipinski definition) is 1. The molecule has 7 atom stereocenters. The van der Waals surface area contributed by atoms with Crippen molar-refractivity contribution < 1.29 is 4.79 Å². The molecule has 4 saturated carbocycles. The topological polar surface area (TPSA) is 17.1 Å². The highest BCUT2D eigenvalue weighted by molar-refractivity contribution is 7.96. The summed E-state index contributed by atoms with van der Waals surface area (Å²) in [7, 11) is 0. The number of rotatable bonds is 1. The monoisotopic (exact) mass is 320 g/mol. The summed E-state index contributed by atoms with van der Waals surface area (Å²) >= 11 is 4.25. The molecule has 0 saturated heterocycles. The van der Waals surface area contributed by atoms with Gasteiger partial charge >= 0.3 is 0 Å². The predicted octanol–water partition coefficient (Wildman–Crippen LogP) is 5.49. The molecule has 1 unspecified atom stereocenters. The zero-order valence-electron chi connectivity index (χ0n) is 14.3. The summed E-state index contributed by atoms with van der Waals surface area (Å²) < 4.78 is 0. The molecular formula is C20H32OS. The number of thiol groups is 1. The summed E-state index contributed by atoms with van der Waals surface area (Å²) in [5, 5.41) is 0.177. The molecular weight excluding hydrogens is 288 g/mol. The molecule has 0 aromatic rings. The van der Waals surface area contributed by atoms with E-state index < -0.39 is 0 Å². The molecule has 22 heavy (non-hydrogen) atoms. The SMILES string of the molecule is C[C@@]12CCC[C@H]1[C@@H]1CC[C@H]3C(C(=O)S)CCC[C@]3(C)[C@H]1CC2. The lowest BCUT2D eigenvalue weighted by Crippen LogP contribution is -2.54. The first-order valence-electron chi connectivity index (χ1n) is 9.68. The second-order valence-electron chi connectivity index (χ2n) is 9.49. The second kappa shape index (κ2) is 5.26. The fraction of sp³-hybridized carbons (Fsp3) is 0.950. The quantitative estimate of drug-likeness (QED) is 0.632. The average molecular weight is 321 g/mol. The lowest BCUT2D eigenvalue weighted by Gasteiger charge is -2.61. The Morgan fingerprint density at radius 1 is 0.864 bits per heavy atom. The molecule has 124 valence electrons. The van der Waals surface area contributed by atoms with E-state index in [1.54, 1.807) is 0 Å². The van der Waals surface area contributed by atoms with E-state index in [0.717, 1.165) is 24.2 Å². The summed E-state index contributed by atoms with van der Waals surface area (Å²) in [6.45, 7) is 5.13. The van der Waals surface area contributed by atoms with Crippen LogP contribution in [0.1, 0.15) is 78.1 Å².